The average Bonchev–Trinajstić information content (AvgIpc) is 4.03. The second-order valence-corrected chi connectivity index (χ2v) is 18.9. The first-order valence-corrected chi connectivity index (χ1v) is 24.7. The van der Waals surface area contributed by atoms with Crippen molar-refractivity contribution in [3.8, 4) is 22.8 Å². The predicted molar refractivity (Wildman–Crippen MR) is 266 cm³/mol. The van der Waals surface area contributed by atoms with Gasteiger partial charge in [0.2, 0.25) is 11.9 Å². The van der Waals surface area contributed by atoms with E-state index in [1.165, 1.54) is 12.8 Å². The predicted octanol–water partition coefficient (Wildman–Crippen LogP) is 8.20. The van der Waals surface area contributed by atoms with E-state index in [0.29, 0.717) is 71.2 Å². The number of ether oxygens (including phenoxy) is 1. The zero-order chi connectivity index (χ0) is 46.2. The number of rotatable bonds is 10. The van der Waals surface area contributed by atoms with Gasteiger partial charge in [-0.3, -0.25) is 18.6 Å². The molecule has 3 N–H and O–H groups in total. The van der Waals surface area contributed by atoms with E-state index < -0.39 is 0 Å². The van der Waals surface area contributed by atoms with Gasteiger partial charge in [-0.15, -0.1) is 0 Å². The second kappa shape index (κ2) is 21.6. The Hall–Kier alpha value is -5.91. The SMILES string of the molecule is Clc1cnc(N[C@@H]2CCC[C@H](N3CCNCC3)C2)nc1-c1cnc2ccccn12.O=C(OCc1ccccc1)N1CCN([C@H]2CCC[C@@H](Nc3ncc(Cl)c(-c4cnc5ccccn45)n3)C2)CC1. The Bertz CT molecular complexity index is 2780. The monoisotopic (exact) mass is 956 g/mol. The lowest BCUT2D eigenvalue weighted by molar-refractivity contribution is 0.0518. The summed E-state index contributed by atoms with van der Waals surface area (Å²) in [5.41, 5.74) is 5.80. The lowest BCUT2D eigenvalue weighted by Gasteiger charge is -2.42. The average molecular weight is 958 g/mol. The van der Waals surface area contributed by atoms with E-state index in [9.17, 15) is 4.79 Å². The third kappa shape index (κ3) is 10.8. The number of hydrogen-bond acceptors (Lipinski definition) is 13. The fourth-order valence-electron chi connectivity index (χ4n) is 10.2. The zero-order valence-electron chi connectivity index (χ0n) is 38.1. The van der Waals surface area contributed by atoms with Crippen LogP contribution in [-0.4, -0.2) is 136 Å². The molecule has 2 aliphatic carbocycles. The largest absolute Gasteiger partial charge is 0.445 e. The second-order valence-electron chi connectivity index (χ2n) is 18.1. The quantitative estimate of drug-likeness (QED) is 0.121. The highest BCUT2D eigenvalue weighted by molar-refractivity contribution is 6.33. The molecular weight excluding hydrogens is 900 g/mol. The number of anilines is 2. The molecule has 0 bridgehead atoms. The lowest BCUT2D eigenvalue weighted by Crippen LogP contribution is -2.53. The molecule has 2 saturated carbocycles. The van der Waals surface area contributed by atoms with Gasteiger partial charge in [0.05, 0.1) is 46.2 Å². The first kappa shape index (κ1) is 45.9. The van der Waals surface area contributed by atoms with Crippen LogP contribution in [0.25, 0.3) is 34.1 Å². The first-order valence-electron chi connectivity index (χ1n) is 24.0. The molecule has 4 fully saturated rings. The van der Waals surface area contributed by atoms with Crippen LogP contribution in [0.1, 0.15) is 56.9 Å². The van der Waals surface area contributed by atoms with Crippen LogP contribution in [0.5, 0.6) is 0 Å². The van der Waals surface area contributed by atoms with Crippen molar-refractivity contribution in [3.63, 3.8) is 0 Å². The van der Waals surface area contributed by atoms with Gasteiger partial charge < -0.3 is 25.6 Å². The minimum atomic E-state index is -0.233. The van der Waals surface area contributed by atoms with Crippen LogP contribution in [-0.2, 0) is 11.3 Å². The molecule has 6 aromatic heterocycles. The molecule has 8 heterocycles. The minimum Gasteiger partial charge on any atom is -0.445 e. The Labute approximate surface area is 406 Å². The van der Waals surface area contributed by atoms with Crippen LogP contribution < -0.4 is 16.0 Å². The molecule has 0 spiro atoms. The summed E-state index contributed by atoms with van der Waals surface area (Å²) in [7, 11) is 0. The topological polar surface area (TPSA) is 158 Å². The van der Waals surface area contributed by atoms with E-state index in [1.54, 1.807) is 18.6 Å². The normalized spacial score (nSPS) is 21.5. The number of carbonyl (C=O) groups is 1. The summed E-state index contributed by atoms with van der Waals surface area (Å²) < 4.78 is 9.51. The maximum absolute atomic E-state index is 12.6. The molecule has 0 unspecified atom stereocenters. The van der Waals surface area contributed by atoms with Crippen molar-refractivity contribution in [1.29, 1.82) is 0 Å². The van der Waals surface area contributed by atoms with Crippen LogP contribution in [0, 0.1) is 0 Å². The van der Waals surface area contributed by atoms with Gasteiger partial charge in [-0.05, 0) is 81.2 Å². The summed E-state index contributed by atoms with van der Waals surface area (Å²) in [5, 5.41) is 11.6. The highest BCUT2D eigenvalue weighted by Crippen LogP contribution is 2.32. The van der Waals surface area contributed by atoms with E-state index in [-0.39, 0.29) is 12.1 Å². The van der Waals surface area contributed by atoms with Crippen molar-refractivity contribution < 1.29 is 9.53 Å². The molecule has 1 aromatic carbocycles. The number of carbonyl (C=O) groups excluding carboxylic acids is 1. The van der Waals surface area contributed by atoms with E-state index >= 15 is 0 Å². The molecule has 16 nitrogen and oxygen atoms in total. The van der Waals surface area contributed by atoms with Gasteiger partial charge in [0, 0.05) is 88.9 Å². The van der Waals surface area contributed by atoms with Crippen LogP contribution in [0.15, 0.2) is 104 Å². The summed E-state index contributed by atoms with van der Waals surface area (Å²) in [4.78, 5) is 46.9. The zero-order valence-corrected chi connectivity index (χ0v) is 39.6. The van der Waals surface area contributed by atoms with Crippen molar-refractivity contribution in [3.05, 3.63) is 120 Å². The molecule has 0 radical (unpaired) electrons. The number of pyridine rings is 2. The van der Waals surface area contributed by atoms with E-state index in [1.807, 2.05) is 99.0 Å². The smallest absolute Gasteiger partial charge is 0.410 e. The Morgan fingerprint density at radius 1 is 0.618 bits per heavy atom. The number of nitrogens with one attached hydrogen (secondary N) is 3. The van der Waals surface area contributed by atoms with Crippen molar-refractivity contribution in [2.75, 3.05) is 63.0 Å². The molecule has 68 heavy (non-hydrogen) atoms. The van der Waals surface area contributed by atoms with Gasteiger partial charge in [0.25, 0.3) is 0 Å². The maximum atomic E-state index is 12.6. The van der Waals surface area contributed by atoms with Crippen LogP contribution in [0.4, 0.5) is 16.7 Å². The van der Waals surface area contributed by atoms with Gasteiger partial charge in [-0.2, -0.15) is 0 Å². The number of imidazole rings is 2. The Kier molecular flexibility index (Phi) is 14.6. The number of hydrogen-bond donors (Lipinski definition) is 3. The summed E-state index contributed by atoms with van der Waals surface area (Å²) >= 11 is 13.0. The summed E-state index contributed by atoms with van der Waals surface area (Å²) in [6.07, 6.45) is 19.8. The number of halogens is 2. The number of piperazine rings is 2. The molecule has 11 rings (SSSR count). The molecule has 1 amide bonds. The molecule has 7 aromatic rings. The molecule has 354 valence electrons. The molecule has 2 aliphatic heterocycles. The summed E-state index contributed by atoms with van der Waals surface area (Å²) in [5.74, 6) is 1.22. The van der Waals surface area contributed by atoms with Crippen molar-refractivity contribution in [2.45, 2.75) is 82.1 Å². The van der Waals surface area contributed by atoms with Gasteiger partial charge in [-0.25, -0.2) is 34.7 Å². The number of aromatic nitrogens is 8. The third-order valence-corrected chi connectivity index (χ3v) is 14.3. The molecule has 18 heteroatoms. The molecular formula is C50H58Cl2N14O2. The first-order chi connectivity index (χ1) is 33.4. The van der Waals surface area contributed by atoms with E-state index in [4.69, 9.17) is 37.9 Å². The number of benzene rings is 1. The summed E-state index contributed by atoms with van der Waals surface area (Å²) in [6.45, 7) is 7.87. The third-order valence-electron chi connectivity index (χ3n) is 13.7. The van der Waals surface area contributed by atoms with Crippen LogP contribution >= 0.6 is 23.2 Å². The molecule has 2 saturated heterocycles. The standard InChI is InChI=1S/C29H32ClN7O2.C21H26ClN7/c30-24-18-32-28(34-27(24)25-19-31-26-11-4-5-12-37(25)26)33-22-9-6-10-23(17-22)35-13-15-36(16-14-35)29(38)39-20-21-7-2-1-3-8-21;22-17-13-25-21(27-20(17)18-14-24-19-6-1-2-9-29(18)19)26-15-4-3-5-16(12-15)28-10-7-23-8-11-28/h1-5,7-8,11-12,18-19,22-23H,6,9-10,13-17,20H2,(H,32,33,34);1-2,6,9,13-16,23H,3-5,7-8,10-12H2,(H,25,26,27)/t22-,23+;15-,16+/m11/s1. The van der Waals surface area contributed by atoms with Crippen molar-refractivity contribution >= 4 is 52.5 Å². The van der Waals surface area contributed by atoms with E-state index in [2.05, 4.69) is 45.7 Å². The minimum absolute atomic E-state index is 0.233. The summed E-state index contributed by atoms with van der Waals surface area (Å²) in [6, 6.07) is 23.3. The number of fused-ring (bicyclic) bond motifs is 2. The Morgan fingerprint density at radius 2 is 1.13 bits per heavy atom. The van der Waals surface area contributed by atoms with Gasteiger partial charge in [0.1, 0.15) is 29.3 Å². The maximum Gasteiger partial charge on any atom is 0.410 e. The molecule has 4 atom stereocenters. The fourth-order valence-corrected chi connectivity index (χ4v) is 10.6. The van der Waals surface area contributed by atoms with Crippen molar-refractivity contribution in [2.24, 2.45) is 0 Å². The van der Waals surface area contributed by atoms with Crippen molar-refractivity contribution in [1.82, 2.24) is 58.7 Å². The highest BCUT2D eigenvalue weighted by atomic mass is 35.5. The van der Waals surface area contributed by atoms with Crippen LogP contribution in [0.2, 0.25) is 10.0 Å². The lowest BCUT2D eigenvalue weighted by atomic mass is 9.89. The van der Waals surface area contributed by atoms with Gasteiger partial charge >= 0.3 is 6.09 Å². The molecule has 4 aliphatic rings. The number of nitrogens with zero attached hydrogens (tertiary/aromatic N) is 11. The Morgan fingerprint density at radius 3 is 1.68 bits per heavy atom. The number of amides is 1. The van der Waals surface area contributed by atoms with Gasteiger partial charge in [-0.1, -0.05) is 65.7 Å². The fraction of sp³-hybridized carbons (Fsp3) is 0.420. The van der Waals surface area contributed by atoms with Gasteiger partial charge in [0.15, 0.2) is 0 Å². The van der Waals surface area contributed by atoms with Crippen LogP contribution in [0.3, 0.4) is 0 Å². The Balaban J connectivity index is 0.000000165. The van der Waals surface area contributed by atoms with E-state index in [0.717, 1.165) is 106 Å². The highest BCUT2D eigenvalue weighted by Gasteiger charge is 2.32.